The summed E-state index contributed by atoms with van der Waals surface area (Å²) in [7, 11) is 1.63. The van der Waals surface area contributed by atoms with Crippen LogP contribution in [-0.2, 0) is 14.9 Å². The third-order valence-electron chi connectivity index (χ3n) is 5.54. The molecule has 0 spiro atoms. The van der Waals surface area contributed by atoms with Crippen molar-refractivity contribution in [3.63, 3.8) is 0 Å². The van der Waals surface area contributed by atoms with Crippen molar-refractivity contribution in [3.05, 3.63) is 64.8 Å². The van der Waals surface area contributed by atoms with Crippen LogP contribution in [0.5, 0.6) is 5.75 Å². The molecule has 156 valence electrons. The Balaban J connectivity index is 1.61. The maximum absolute atomic E-state index is 13.9. The number of ether oxygens (including phenoxy) is 2. The molecule has 4 rings (SSSR count). The molecule has 1 amide bonds. The van der Waals surface area contributed by atoms with Crippen molar-refractivity contribution in [1.82, 2.24) is 4.98 Å². The molecule has 0 aliphatic carbocycles. The molecule has 0 saturated carbocycles. The van der Waals surface area contributed by atoms with Crippen molar-refractivity contribution in [2.75, 3.05) is 25.6 Å². The monoisotopic (exact) mass is 426 g/mol. The molecule has 2 heterocycles. The van der Waals surface area contributed by atoms with Crippen LogP contribution in [0.4, 0.5) is 9.52 Å². The van der Waals surface area contributed by atoms with Gasteiger partial charge < -0.3 is 14.8 Å². The van der Waals surface area contributed by atoms with Crippen LogP contribution in [0, 0.1) is 12.7 Å². The summed E-state index contributed by atoms with van der Waals surface area (Å²) >= 11 is 1.43. The highest BCUT2D eigenvalue weighted by molar-refractivity contribution is 7.16. The van der Waals surface area contributed by atoms with E-state index in [2.05, 4.69) is 10.3 Å². The van der Waals surface area contributed by atoms with Crippen LogP contribution in [-0.4, -0.2) is 31.2 Å². The molecule has 1 fully saturated rings. The number of carbonyl (C=O) groups excluding carboxylic acids is 1. The number of amides is 1. The van der Waals surface area contributed by atoms with Gasteiger partial charge >= 0.3 is 0 Å². The van der Waals surface area contributed by atoms with Gasteiger partial charge in [0.25, 0.3) is 0 Å². The van der Waals surface area contributed by atoms with Crippen LogP contribution in [0.25, 0.3) is 11.3 Å². The van der Waals surface area contributed by atoms with Gasteiger partial charge in [-0.1, -0.05) is 12.1 Å². The molecule has 5 nitrogen and oxygen atoms in total. The molecule has 1 aromatic heterocycles. The number of carbonyl (C=O) groups is 1. The Morgan fingerprint density at radius 2 is 1.93 bits per heavy atom. The van der Waals surface area contributed by atoms with Crippen molar-refractivity contribution in [2.45, 2.75) is 25.2 Å². The Morgan fingerprint density at radius 1 is 1.20 bits per heavy atom. The fraction of sp³-hybridized carbons (Fsp3) is 0.304. The van der Waals surface area contributed by atoms with Crippen LogP contribution >= 0.6 is 11.3 Å². The Hall–Kier alpha value is -2.77. The van der Waals surface area contributed by atoms with Crippen molar-refractivity contribution in [3.8, 4) is 17.0 Å². The minimum absolute atomic E-state index is 0.175. The first-order valence-electron chi connectivity index (χ1n) is 9.79. The molecule has 0 unspecified atom stereocenters. The quantitative estimate of drug-likeness (QED) is 0.627. The lowest BCUT2D eigenvalue weighted by Gasteiger charge is -2.36. The van der Waals surface area contributed by atoms with E-state index in [-0.39, 0.29) is 11.7 Å². The minimum Gasteiger partial charge on any atom is -0.497 e. The summed E-state index contributed by atoms with van der Waals surface area (Å²) in [6, 6.07) is 13.9. The number of rotatable bonds is 5. The van der Waals surface area contributed by atoms with E-state index in [0.717, 1.165) is 21.9 Å². The highest BCUT2D eigenvalue weighted by Gasteiger charge is 2.42. The van der Waals surface area contributed by atoms with Gasteiger partial charge in [0.15, 0.2) is 5.13 Å². The summed E-state index contributed by atoms with van der Waals surface area (Å²) in [5.74, 6) is 0.251. The van der Waals surface area contributed by atoms with Crippen LogP contribution in [0.3, 0.4) is 0 Å². The number of aryl methyl sites for hydroxylation is 1. The summed E-state index contributed by atoms with van der Waals surface area (Å²) in [4.78, 5) is 19.1. The van der Waals surface area contributed by atoms with E-state index in [1.54, 1.807) is 13.2 Å². The van der Waals surface area contributed by atoms with Gasteiger partial charge in [-0.05, 0) is 61.7 Å². The molecule has 0 atom stereocenters. The predicted octanol–water partition coefficient (Wildman–Crippen LogP) is 4.95. The van der Waals surface area contributed by atoms with Crippen LogP contribution in [0.1, 0.15) is 23.3 Å². The average Bonchev–Trinajstić information content (AvgIpc) is 3.14. The Bertz CT molecular complexity index is 1040. The number of hydrogen-bond acceptors (Lipinski definition) is 5. The summed E-state index contributed by atoms with van der Waals surface area (Å²) in [5.41, 5.74) is 1.62. The highest BCUT2D eigenvalue weighted by atomic mass is 32.1. The molecule has 1 aliphatic rings. The van der Waals surface area contributed by atoms with E-state index in [1.165, 1.54) is 23.5 Å². The van der Waals surface area contributed by atoms with Gasteiger partial charge in [-0.2, -0.15) is 0 Å². The molecular formula is C23H23FN2O3S. The highest BCUT2D eigenvalue weighted by Crippen LogP contribution is 2.38. The van der Waals surface area contributed by atoms with E-state index in [9.17, 15) is 9.18 Å². The first kappa shape index (κ1) is 20.5. The van der Waals surface area contributed by atoms with Gasteiger partial charge in [0.2, 0.25) is 5.91 Å². The zero-order valence-corrected chi connectivity index (χ0v) is 17.7. The minimum atomic E-state index is -0.833. The average molecular weight is 427 g/mol. The number of thiazole rings is 1. The van der Waals surface area contributed by atoms with E-state index in [0.29, 0.717) is 36.8 Å². The first-order valence-corrected chi connectivity index (χ1v) is 10.6. The smallest absolute Gasteiger partial charge is 0.236 e. The van der Waals surface area contributed by atoms with Gasteiger partial charge in [-0.25, -0.2) is 9.37 Å². The number of aromatic nitrogens is 1. The maximum Gasteiger partial charge on any atom is 0.236 e. The molecule has 7 heteroatoms. The van der Waals surface area contributed by atoms with E-state index >= 15 is 0 Å². The maximum atomic E-state index is 13.9. The number of hydrogen-bond donors (Lipinski definition) is 1. The second kappa shape index (κ2) is 8.53. The predicted molar refractivity (Wildman–Crippen MR) is 116 cm³/mol. The molecule has 0 bridgehead atoms. The lowest BCUT2D eigenvalue weighted by atomic mass is 9.73. The third-order valence-corrected chi connectivity index (χ3v) is 6.42. The third kappa shape index (κ3) is 3.95. The number of benzene rings is 2. The number of methoxy groups -OCH3 is 1. The second-order valence-electron chi connectivity index (χ2n) is 7.31. The fourth-order valence-electron chi connectivity index (χ4n) is 3.84. The van der Waals surface area contributed by atoms with Gasteiger partial charge in [0, 0.05) is 23.7 Å². The van der Waals surface area contributed by atoms with Crippen molar-refractivity contribution < 1.29 is 18.7 Å². The Labute approximate surface area is 178 Å². The number of anilines is 1. The first-order chi connectivity index (χ1) is 14.5. The lowest BCUT2D eigenvalue weighted by Crippen LogP contribution is -2.44. The van der Waals surface area contributed by atoms with Crippen molar-refractivity contribution >= 4 is 22.4 Å². The van der Waals surface area contributed by atoms with Crippen LogP contribution < -0.4 is 10.1 Å². The van der Waals surface area contributed by atoms with Crippen molar-refractivity contribution in [2.24, 2.45) is 0 Å². The van der Waals surface area contributed by atoms with Gasteiger partial charge in [-0.3, -0.25) is 4.79 Å². The van der Waals surface area contributed by atoms with Crippen molar-refractivity contribution in [1.29, 1.82) is 0 Å². The number of halogens is 1. The van der Waals surface area contributed by atoms with Gasteiger partial charge in [0.1, 0.15) is 11.6 Å². The summed E-state index contributed by atoms with van der Waals surface area (Å²) < 4.78 is 24.6. The zero-order valence-electron chi connectivity index (χ0n) is 16.9. The van der Waals surface area contributed by atoms with E-state index in [1.807, 2.05) is 37.3 Å². The molecule has 0 radical (unpaired) electrons. The summed E-state index contributed by atoms with van der Waals surface area (Å²) in [6.45, 7) is 2.89. The number of nitrogens with one attached hydrogen (secondary N) is 1. The molecule has 1 aliphatic heterocycles. The second-order valence-corrected chi connectivity index (χ2v) is 8.51. The van der Waals surface area contributed by atoms with Crippen LogP contribution in [0.15, 0.2) is 48.5 Å². The molecule has 1 saturated heterocycles. The molecule has 30 heavy (non-hydrogen) atoms. The fourth-order valence-corrected chi connectivity index (χ4v) is 4.67. The standard InChI is InChI=1S/C23H23FN2O3S/c1-15-20(16-6-8-19(28-2)9-7-16)25-22(30-15)26-21(27)23(10-12-29-13-11-23)17-4-3-5-18(24)14-17/h3-9,14H,10-13H2,1-2H3,(H,25,26,27). The molecular weight excluding hydrogens is 403 g/mol. The molecule has 2 aromatic carbocycles. The SMILES string of the molecule is COc1ccc(-c2nc(NC(=O)C3(c4cccc(F)c4)CCOCC3)sc2C)cc1. The normalized spacial score (nSPS) is 15.6. The van der Waals surface area contributed by atoms with Crippen LogP contribution in [0.2, 0.25) is 0 Å². The Morgan fingerprint density at radius 3 is 2.60 bits per heavy atom. The van der Waals surface area contributed by atoms with E-state index < -0.39 is 5.41 Å². The lowest BCUT2D eigenvalue weighted by molar-refractivity contribution is -0.125. The zero-order chi connectivity index (χ0) is 21.1. The summed E-state index contributed by atoms with van der Waals surface area (Å²) in [6.07, 6.45) is 0.996. The van der Waals surface area contributed by atoms with Gasteiger partial charge in [0.05, 0.1) is 18.2 Å². The van der Waals surface area contributed by atoms with E-state index in [4.69, 9.17) is 9.47 Å². The molecule has 1 N–H and O–H groups in total. The summed E-state index contributed by atoms with van der Waals surface area (Å²) in [5, 5.41) is 3.52. The topological polar surface area (TPSA) is 60.5 Å². The van der Waals surface area contributed by atoms with Gasteiger partial charge in [-0.15, -0.1) is 11.3 Å². The molecule has 3 aromatic rings. The Kier molecular flexibility index (Phi) is 5.83. The largest absolute Gasteiger partial charge is 0.497 e. The number of nitrogens with zero attached hydrogens (tertiary/aromatic N) is 1.